The Hall–Kier alpha value is -3.32. The summed E-state index contributed by atoms with van der Waals surface area (Å²) in [6.45, 7) is 1.18. The molecule has 7 heteroatoms. The Morgan fingerprint density at radius 2 is 2.16 bits per heavy atom. The lowest BCUT2D eigenvalue weighted by Crippen LogP contribution is -2.28. The number of hydrogen-bond acceptors (Lipinski definition) is 6. The molecule has 3 heterocycles. The Morgan fingerprint density at radius 1 is 1.23 bits per heavy atom. The van der Waals surface area contributed by atoms with Crippen molar-refractivity contribution in [2.75, 3.05) is 26.9 Å². The minimum absolute atomic E-state index is 0.105. The van der Waals surface area contributed by atoms with Crippen molar-refractivity contribution in [1.82, 2.24) is 10.2 Å². The maximum atomic E-state index is 9.13. The molecule has 0 spiro atoms. The second-order valence-corrected chi connectivity index (χ2v) is 7.85. The molecule has 0 radical (unpaired) electrons. The Labute approximate surface area is 180 Å². The first-order chi connectivity index (χ1) is 15.2. The molecule has 0 saturated carbocycles. The molecule has 0 amide bonds. The standard InChI is InChI=1S/C24H25N3O4/c1-29-19-3-4-23-16(8-19)7-17(14-31-23)21-11-20-22(27-21)9-15(18-12-25-26-13-18)10-24(20)30-6-2-5-28/h3-4,8-10,12-13,17,28H,2,5-7,11,14H2,1H3,(H,25,26). The largest absolute Gasteiger partial charge is 0.497 e. The molecular weight excluding hydrogens is 394 g/mol. The summed E-state index contributed by atoms with van der Waals surface area (Å²) < 4.78 is 17.4. The number of methoxy groups -OCH3 is 1. The maximum Gasteiger partial charge on any atom is 0.125 e. The summed E-state index contributed by atoms with van der Waals surface area (Å²) in [4.78, 5) is 5.00. The van der Waals surface area contributed by atoms with Crippen molar-refractivity contribution in [2.24, 2.45) is 10.9 Å². The average molecular weight is 419 g/mol. The van der Waals surface area contributed by atoms with Crippen molar-refractivity contribution in [1.29, 1.82) is 0 Å². The summed E-state index contributed by atoms with van der Waals surface area (Å²) in [5, 5.41) is 16.1. The Morgan fingerprint density at radius 3 is 2.97 bits per heavy atom. The van der Waals surface area contributed by atoms with Gasteiger partial charge in [0.1, 0.15) is 17.2 Å². The highest BCUT2D eigenvalue weighted by Gasteiger charge is 2.30. The number of aliphatic hydroxyl groups excluding tert-OH is 1. The van der Waals surface area contributed by atoms with Gasteiger partial charge in [-0.3, -0.25) is 10.1 Å². The number of fused-ring (bicyclic) bond motifs is 2. The molecule has 0 bridgehead atoms. The van der Waals surface area contributed by atoms with Crippen LogP contribution >= 0.6 is 0 Å². The van der Waals surface area contributed by atoms with E-state index in [4.69, 9.17) is 24.3 Å². The van der Waals surface area contributed by atoms with E-state index in [1.54, 1.807) is 13.3 Å². The zero-order valence-electron chi connectivity index (χ0n) is 17.4. The number of aromatic amines is 1. The van der Waals surface area contributed by atoms with Crippen LogP contribution < -0.4 is 14.2 Å². The Bertz CT molecular complexity index is 1110. The number of aliphatic hydroxyl groups is 1. The van der Waals surface area contributed by atoms with Gasteiger partial charge < -0.3 is 19.3 Å². The average Bonchev–Trinajstić information content (AvgIpc) is 3.48. The van der Waals surface area contributed by atoms with Gasteiger partial charge >= 0.3 is 0 Å². The monoisotopic (exact) mass is 419 g/mol. The van der Waals surface area contributed by atoms with Gasteiger partial charge in [-0.2, -0.15) is 5.10 Å². The van der Waals surface area contributed by atoms with Crippen LogP contribution in [-0.2, 0) is 12.8 Å². The van der Waals surface area contributed by atoms with E-state index in [2.05, 4.69) is 16.3 Å². The van der Waals surface area contributed by atoms with Crippen LogP contribution in [0.5, 0.6) is 17.2 Å². The molecule has 2 aliphatic rings. The van der Waals surface area contributed by atoms with Crippen LogP contribution in [0, 0.1) is 5.92 Å². The predicted octanol–water partition coefficient (Wildman–Crippen LogP) is 3.73. The van der Waals surface area contributed by atoms with Gasteiger partial charge in [0, 0.05) is 48.4 Å². The highest BCUT2D eigenvalue weighted by atomic mass is 16.5. The van der Waals surface area contributed by atoms with Crippen LogP contribution in [0.3, 0.4) is 0 Å². The summed E-state index contributed by atoms with van der Waals surface area (Å²) in [7, 11) is 1.68. The number of aliphatic imine (C=N–C) groups is 1. The SMILES string of the molecule is COc1ccc2c(c1)CC(C1=Nc3cc(-c4cn[nH]c4)cc(OCCCO)c3C1)CO2. The highest BCUT2D eigenvalue weighted by Crippen LogP contribution is 2.41. The van der Waals surface area contributed by atoms with E-state index >= 15 is 0 Å². The van der Waals surface area contributed by atoms with Gasteiger partial charge in [-0.25, -0.2) is 0 Å². The minimum atomic E-state index is 0.105. The van der Waals surface area contributed by atoms with Gasteiger partial charge in [0.25, 0.3) is 0 Å². The number of ether oxygens (including phenoxy) is 3. The third-order valence-electron chi connectivity index (χ3n) is 5.84. The Kier molecular flexibility index (Phi) is 5.34. The lowest BCUT2D eigenvalue weighted by atomic mass is 9.90. The number of aromatic nitrogens is 2. The second-order valence-electron chi connectivity index (χ2n) is 7.85. The van der Waals surface area contributed by atoms with Gasteiger partial charge in [0.15, 0.2) is 0 Å². The molecule has 2 aromatic carbocycles. The molecule has 31 heavy (non-hydrogen) atoms. The topological polar surface area (TPSA) is 89.0 Å². The third-order valence-corrected chi connectivity index (χ3v) is 5.84. The number of nitrogens with zero attached hydrogens (tertiary/aromatic N) is 2. The van der Waals surface area contributed by atoms with Crippen molar-refractivity contribution in [2.45, 2.75) is 19.3 Å². The molecule has 2 aliphatic heterocycles. The van der Waals surface area contributed by atoms with Crippen molar-refractivity contribution >= 4 is 11.4 Å². The molecule has 0 saturated heterocycles. The van der Waals surface area contributed by atoms with E-state index in [1.165, 1.54) is 0 Å². The summed E-state index contributed by atoms with van der Waals surface area (Å²) in [5.74, 6) is 2.78. The number of H-pyrrole nitrogens is 1. The summed E-state index contributed by atoms with van der Waals surface area (Å²) in [6.07, 6.45) is 5.85. The molecule has 3 aromatic rings. The lowest BCUT2D eigenvalue weighted by Gasteiger charge is -2.25. The van der Waals surface area contributed by atoms with E-state index in [0.29, 0.717) is 19.6 Å². The summed E-state index contributed by atoms with van der Waals surface area (Å²) >= 11 is 0. The summed E-state index contributed by atoms with van der Waals surface area (Å²) in [6, 6.07) is 10.1. The smallest absolute Gasteiger partial charge is 0.125 e. The van der Waals surface area contributed by atoms with Crippen molar-refractivity contribution in [3.05, 3.63) is 53.9 Å². The first-order valence-electron chi connectivity index (χ1n) is 10.5. The molecule has 5 rings (SSSR count). The normalized spacial score (nSPS) is 16.8. The highest BCUT2D eigenvalue weighted by molar-refractivity contribution is 5.98. The summed E-state index contributed by atoms with van der Waals surface area (Å²) in [5.41, 5.74) is 6.28. The zero-order valence-corrected chi connectivity index (χ0v) is 17.4. The quantitative estimate of drug-likeness (QED) is 0.570. The van der Waals surface area contributed by atoms with E-state index in [-0.39, 0.29) is 12.5 Å². The second kappa shape index (κ2) is 8.43. The van der Waals surface area contributed by atoms with Crippen molar-refractivity contribution < 1.29 is 19.3 Å². The molecular formula is C24H25N3O4. The lowest BCUT2D eigenvalue weighted by molar-refractivity contribution is 0.233. The first kappa shape index (κ1) is 19.6. The number of benzene rings is 2. The maximum absolute atomic E-state index is 9.13. The predicted molar refractivity (Wildman–Crippen MR) is 118 cm³/mol. The fourth-order valence-electron chi connectivity index (χ4n) is 4.18. The molecule has 0 aliphatic carbocycles. The Balaban J connectivity index is 1.43. The van der Waals surface area contributed by atoms with E-state index in [1.807, 2.05) is 30.5 Å². The molecule has 1 aromatic heterocycles. The molecule has 1 unspecified atom stereocenters. The fraction of sp³-hybridized carbons (Fsp3) is 0.333. The number of hydrogen-bond donors (Lipinski definition) is 2. The number of rotatable bonds is 7. The van der Waals surface area contributed by atoms with Gasteiger partial charge in [0.2, 0.25) is 0 Å². The van der Waals surface area contributed by atoms with Crippen LogP contribution in [0.1, 0.15) is 17.5 Å². The molecule has 2 N–H and O–H groups in total. The molecule has 7 nitrogen and oxygen atoms in total. The van der Waals surface area contributed by atoms with E-state index in [0.717, 1.165) is 63.7 Å². The van der Waals surface area contributed by atoms with E-state index in [9.17, 15) is 0 Å². The molecule has 1 atom stereocenters. The van der Waals surface area contributed by atoms with Gasteiger partial charge in [-0.15, -0.1) is 0 Å². The van der Waals surface area contributed by atoms with Gasteiger partial charge in [0.05, 0.1) is 32.2 Å². The molecule has 160 valence electrons. The van der Waals surface area contributed by atoms with E-state index < -0.39 is 0 Å². The van der Waals surface area contributed by atoms with Crippen LogP contribution in [0.4, 0.5) is 5.69 Å². The fourth-order valence-corrected chi connectivity index (χ4v) is 4.18. The third kappa shape index (κ3) is 3.88. The zero-order chi connectivity index (χ0) is 21.2. The molecule has 0 fully saturated rings. The van der Waals surface area contributed by atoms with Gasteiger partial charge in [-0.05, 0) is 47.9 Å². The van der Waals surface area contributed by atoms with Crippen LogP contribution in [-0.4, -0.2) is 47.9 Å². The van der Waals surface area contributed by atoms with Crippen molar-refractivity contribution in [3.63, 3.8) is 0 Å². The van der Waals surface area contributed by atoms with Gasteiger partial charge in [-0.1, -0.05) is 0 Å². The van der Waals surface area contributed by atoms with Crippen LogP contribution in [0.15, 0.2) is 47.7 Å². The van der Waals surface area contributed by atoms with Crippen molar-refractivity contribution in [3.8, 4) is 28.4 Å². The first-order valence-corrected chi connectivity index (χ1v) is 10.5. The minimum Gasteiger partial charge on any atom is -0.497 e. The van der Waals surface area contributed by atoms with Crippen LogP contribution in [0.25, 0.3) is 11.1 Å². The number of nitrogens with one attached hydrogen (secondary N) is 1. The van der Waals surface area contributed by atoms with Crippen LogP contribution in [0.2, 0.25) is 0 Å².